The predicted molar refractivity (Wildman–Crippen MR) is 98.5 cm³/mol. The molecule has 2 aliphatic rings. The SMILES string of the molecule is CSCC1CN2C(=O)C(NC(=O)Cc3ccccc3)[C@H]2SC1C(=O)O. The molecule has 0 spiro atoms. The molecule has 2 fully saturated rings. The van der Waals surface area contributed by atoms with Crippen LogP contribution in [0.2, 0.25) is 0 Å². The molecule has 134 valence electrons. The largest absolute Gasteiger partial charge is 0.480 e. The van der Waals surface area contributed by atoms with E-state index in [1.54, 1.807) is 16.7 Å². The second-order valence-corrected chi connectivity index (χ2v) is 8.37. The summed E-state index contributed by atoms with van der Waals surface area (Å²) in [6.45, 7) is 0.444. The molecule has 2 saturated heterocycles. The lowest BCUT2D eigenvalue weighted by Crippen LogP contribution is -2.73. The lowest BCUT2D eigenvalue weighted by atomic mass is 9.99. The number of carbonyl (C=O) groups excluding carboxylic acids is 2. The lowest BCUT2D eigenvalue weighted by molar-refractivity contribution is -0.151. The topological polar surface area (TPSA) is 86.7 Å². The molecule has 25 heavy (non-hydrogen) atoms. The van der Waals surface area contributed by atoms with Gasteiger partial charge < -0.3 is 15.3 Å². The Balaban J connectivity index is 1.62. The van der Waals surface area contributed by atoms with Crippen molar-refractivity contribution < 1.29 is 19.5 Å². The van der Waals surface area contributed by atoms with E-state index in [4.69, 9.17) is 0 Å². The maximum absolute atomic E-state index is 12.4. The predicted octanol–water partition coefficient (Wildman–Crippen LogP) is 1.06. The number of fused-ring (bicyclic) bond motifs is 1. The van der Waals surface area contributed by atoms with Crippen LogP contribution in [0.4, 0.5) is 0 Å². The molecule has 0 aliphatic carbocycles. The summed E-state index contributed by atoms with van der Waals surface area (Å²) >= 11 is 2.86. The third kappa shape index (κ3) is 3.79. The Morgan fingerprint density at radius 2 is 2.08 bits per heavy atom. The van der Waals surface area contributed by atoms with Crippen molar-refractivity contribution in [2.24, 2.45) is 5.92 Å². The second-order valence-electron chi connectivity index (χ2n) is 6.20. The zero-order valence-corrected chi connectivity index (χ0v) is 15.4. The van der Waals surface area contributed by atoms with E-state index in [1.165, 1.54) is 11.8 Å². The normalized spacial score (nSPS) is 28.0. The molecular formula is C17H20N2O4S2. The van der Waals surface area contributed by atoms with Gasteiger partial charge in [-0.25, -0.2) is 0 Å². The Labute approximate surface area is 154 Å². The summed E-state index contributed by atoms with van der Waals surface area (Å²) in [4.78, 5) is 37.8. The molecule has 2 heterocycles. The standard InChI is InChI=1S/C17H20N2O4S2/c1-24-9-11-8-19-15(21)13(16(19)25-14(11)17(22)23)18-12(20)7-10-5-3-2-4-6-10/h2-6,11,13-14,16H,7-9H2,1H3,(H,18,20)(H,22,23)/t11?,13?,14?,16-/m1/s1. The Kier molecular flexibility index (Phi) is 5.58. The summed E-state index contributed by atoms with van der Waals surface area (Å²) in [5, 5.41) is 11.4. The van der Waals surface area contributed by atoms with Crippen LogP contribution in [0.15, 0.2) is 30.3 Å². The average molecular weight is 380 g/mol. The number of carbonyl (C=O) groups is 3. The van der Waals surface area contributed by atoms with Crippen LogP contribution in [0.1, 0.15) is 5.56 Å². The molecule has 0 aromatic heterocycles. The molecule has 0 bridgehead atoms. The number of rotatable bonds is 6. The molecular weight excluding hydrogens is 360 g/mol. The van der Waals surface area contributed by atoms with E-state index in [0.717, 1.165) is 5.56 Å². The van der Waals surface area contributed by atoms with Gasteiger partial charge in [0.25, 0.3) is 0 Å². The molecule has 1 aromatic rings. The van der Waals surface area contributed by atoms with Crippen molar-refractivity contribution >= 4 is 41.3 Å². The molecule has 2 aliphatic heterocycles. The van der Waals surface area contributed by atoms with Gasteiger partial charge in [0.05, 0.1) is 6.42 Å². The summed E-state index contributed by atoms with van der Waals surface area (Å²) in [6, 6.07) is 8.69. The molecule has 1 aromatic carbocycles. The van der Waals surface area contributed by atoms with Crippen molar-refractivity contribution in [1.82, 2.24) is 10.2 Å². The lowest BCUT2D eigenvalue weighted by Gasteiger charge is -2.52. The fourth-order valence-corrected chi connectivity index (χ4v) is 5.58. The summed E-state index contributed by atoms with van der Waals surface area (Å²) in [5.41, 5.74) is 0.878. The number of benzene rings is 1. The molecule has 6 nitrogen and oxygen atoms in total. The Morgan fingerprint density at radius 3 is 2.72 bits per heavy atom. The monoisotopic (exact) mass is 380 g/mol. The highest BCUT2D eigenvalue weighted by atomic mass is 32.2. The van der Waals surface area contributed by atoms with E-state index in [2.05, 4.69) is 5.32 Å². The van der Waals surface area contributed by atoms with Crippen molar-refractivity contribution in [1.29, 1.82) is 0 Å². The summed E-state index contributed by atoms with van der Waals surface area (Å²) in [5.74, 6) is -0.557. The van der Waals surface area contributed by atoms with Crippen molar-refractivity contribution in [2.45, 2.75) is 23.1 Å². The third-order valence-electron chi connectivity index (χ3n) is 4.43. The van der Waals surface area contributed by atoms with Crippen molar-refractivity contribution in [3.8, 4) is 0 Å². The van der Waals surface area contributed by atoms with E-state index >= 15 is 0 Å². The van der Waals surface area contributed by atoms with Crippen molar-refractivity contribution in [3.05, 3.63) is 35.9 Å². The number of nitrogens with zero attached hydrogens (tertiary/aromatic N) is 1. The summed E-state index contributed by atoms with van der Waals surface area (Å²) in [6.07, 6.45) is 2.14. The van der Waals surface area contributed by atoms with Gasteiger partial charge in [-0.2, -0.15) is 11.8 Å². The molecule has 3 unspecified atom stereocenters. The van der Waals surface area contributed by atoms with Gasteiger partial charge in [-0.05, 0) is 17.6 Å². The van der Waals surface area contributed by atoms with Crippen LogP contribution in [0, 0.1) is 5.92 Å². The van der Waals surface area contributed by atoms with Crippen molar-refractivity contribution in [2.75, 3.05) is 18.6 Å². The fourth-order valence-electron chi connectivity index (χ4n) is 3.23. The van der Waals surface area contributed by atoms with Gasteiger partial charge >= 0.3 is 5.97 Å². The van der Waals surface area contributed by atoms with Gasteiger partial charge in [-0.1, -0.05) is 30.3 Å². The van der Waals surface area contributed by atoms with Gasteiger partial charge in [-0.3, -0.25) is 14.4 Å². The van der Waals surface area contributed by atoms with Crippen LogP contribution >= 0.6 is 23.5 Å². The Bertz CT molecular complexity index is 670. The first kappa shape index (κ1) is 18.1. The van der Waals surface area contributed by atoms with Crippen LogP contribution in [0.3, 0.4) is 0 Å². The first-order valence-electron chi connectivity index (χ1n) is 8.02. The first-order valence-corrected chi connectivity index (χ1v) is 10.4. The molecule has 3 rings (SSSR count). The minimum atomic E-state index is -0.850. The number of hydrogen-bond donors (Lipinski definition) is 2. The number of aliphatic carboxylic acids is 1. The Morgan fingerprint density at radius 1 is 1.36 bits per heavy atom. The van der Waals surface area contributed by atoms with Crippen LogP contribution < -0.4 is 5.32 Å². The molecule has 0 radical (unpaired) electrons. The molecule has 2 N–H and O–H groups in total. The molecule has 8 heteroatoms. The van der Waals surface area contributed by atoms with Crippen LogP contribution in [0.25, 0.3) is 0 Å². The van der Waals surface area contributed by atoms with E-state index < -0.39 is 17.3 Å². The maximum atomic E-state index is 12.4. The number of nitrogens with one attached hydrogen (secondary N) is 1. The van der Waals surface area contributed by atoms with Gasteiger partial charge in [0, 0.05) is 12.5 Å². The molecule has 0 saturated carbocycles. The van der Waals surface area contributed by atoms with Gasteiger partial charge in [0.1, 0.15) is 16.7 Å². The quantitative estimate of drug-likeness (QED) is 0.718. The van der Waals surface area contributed by atoms with E-state index in [0.29, 0.717) is 12.3 Å². The van der Waals surface area contributed by atoms with Gasteiger partial charge in [0.15, 0.2) is 0 Å². The zero-order valence-electron chi connectivity index (χ0n) is 13.8. The number of β-lactam (4-membered cyclic amide) rings is 1. The van der Waals surface area contributed by atoms with Crippen LogP contribution in [-0.4, -0.2) is 63.0 Å². The van der Waals surface area contributed by atoms with Gasteiger partial charge in [0.2, 0.25) is 11.8 Å². The average Bonchev–Trinajstić information content (AvgIpc) is 2.60. The smallest absolute Gasteiger partial charge is 0.317 e. The van der Waals surface area contributed by atoms with Crippen LogP contribution in [-0.2, 0) is 20.8 Å². The molecule has 4 atom stereocenters. The highest BCUT2D eigenvalue weighted by Gasteiger charge is 2.55. The van der Waals surface area contributed by atoms with Gasteiger partial charge in [-0.15, -0.1) is 11.8 Å². The number of carboxylic acid groups (broad SMARTS) is 1. The molecule has 2 amide bonds. The second kappa shape index (κ2) is 7.70. The number of thioether (sulfide) groups is 2. The highest BCUT2D eigenvalue weighted by molar-refractivity contribution is 8.01. The van der Waals surface area contributed by atoms with Crippen molar-refractivity contribution in [3.63, 3.8) is 0 Å². The van der Waals surface area contributed by atoms with E-state index in [1.807, 2.05) is 36.6 Å². The maximum Gasteiger partial charge on any atom is 0.317 e. The Hall–Kier alpha value is -1.67. The van der Waals surface area contributed by atoms with E-state index in [9.17, 15) is 19.5 Å². The van der Waals surface area contributed by atoms with Crippen LogP contribution in [0.5, 0.6) is 0 Å². The highest BCUT2D eigenvalue weighted by Crippen LogP contribution is 2.42. The first-order chi connectivity index (χ1) is 12.0. The minimum Gasteiger partial charge on any atom is -0.480 e. The summed E-state index contributed by atoms with van der Waals surface area (Å²) < 4.78 is 0. The third-order valence-corrected chi connectivity index (χ3v) is 6.88. The minimum absolute atomic E-state index is 0.0707. The fraction of sp³-hybridized carbons (Fsp3) is 0.471. The number of amides is 2. The number of carboxylic acids is 1. The number of hydrogen-bond acceptors (Lipinski definition) is 5. The van der Waals surface area contributed by atoms with E-state index in [-0.39, 0.29) is 29.5 Å². The summed E-state index contributed by atoms with van der Waals surface area (Å²) in [7, 11) is 0. The zero-order chi connectivity index (χ0) is 18.0.